The number of hydrogen-bond acceptors (Lipinski definition) is 4. The van der Waals surface area contributed by atoms with Crippen LogP contribution in [0.2, 0.25) is 10.0 Å². The summed E-state index contributed by atoms with van der Waals surface area (Å²) in [5.41, 5.74) is 1.37. The lowest BCUT2D eigenvalue weighted by atomic mass is 10.1. The lowest BCUT2D eigenvalue weighted by Crippen LogP contribution is -2.30. The Morgan fingerprint density at radius 2 is 1.78 bits per heavy atom. The van der Waals surface area contributed by atoms with E-state index in [9.17, 15) is 14.4 Å². The normalized spacial score (nSPS) is 13.1. The zero-order chi connectivity index (χ0) is 19.6. The van der Waals surface area contributed by atoms with Gasteiger partial charge in [-0.25, -0.2) is 4.79 Å². The van der Waals surface area contributed by atoms with Gasteiger partial charge >= 0.3 is 5.97 Å². The van der Waals surface area contributed by atoms with Gasteiger partial charge in [-0.15, -0.1) is 0 Å². The molecule has 0 radical (unpaired) electrons. The van der Waals surface area contributed by atoms with Crippen molar-refractivity contribution < 1.29 is 19.1 Å². The predicted molar refractivity (Wildman–Crippen MR) is 102 cm³/mol. The summed E-state index contributed by atoms with van der Waals surface area (Å²) >= 11 is 11.9. The van der Waals surface area contributed by atoms with Crippen molar-refractivity contribution in [3.05, 3.63) is 68.7 Å². The van der Waals surface area contributed by atoms with Crippen LogP contribution >= 0.6 is 23.2 Å². The number of esters is 1. The van der Waals surface area contributed by atoms with Crippen molar-refractivity contribution in [2.75, 3.05) is 6.54 Å². The monoisotopic (exact) mass is 405 g/mol. The first-order valence-electron chi connectivity index (χ1n) is 8.53. The standard InChI is InChI=1S/C20H17Cl2NO4/c1-2-3-8-23-18(24)15-7-5-12(9-16(15)19(23)25)20(26)27-11-13-4-6-14(21)10-17(13)22/h4-7,9-10H,2-3,8,11H2,1H3. The Morgan fingerprint density at radius 1 is 1.04 bits per heavy atom. The third-order valence-electron chi connectivity index (χ3n) is 4.32. The fraction of sp³-hybridized carbons (Fsp3) is 0.250. The fourth-order valence-electron chi connectivity index (χ4n) is 2.80. The van der Waals surface area contributed by atoms with Crippen molar-refractivity contribution in [2.24, 2.45) is 0 Å². The van der Waals surface area contributed by atoms with Gasteiger partial charge in [-0.3, -0.25) is 14.5 Å². The number of carbonyl (C=O) groups is 3. The molecule has 0 saturated heterocycles. The first-order valence-corrected chi connectivity index (χ1v) is 9.29. The van der Waals surface area contributed by atoms with E-state index in [1.165, 1.54) is 23.1 Å². The van der Waals surface area contributed by atoms with Gasteiger partial charge in [-0.1, -0.05) is 42.6 Å². The van der Waals surface area contributed by atoms with Crippen LogP contribution < -0.4 is 0 Å². The van der Waals surface area contributed by atoms with Crippen molar-refractivity contribution in [1.29, 1.82) is 0 Å². The Hall–Kier alpha value is -2.37. The SMILES string of the molecule is CCCCN1C(=O)c2ccc(C(=O)OCc3ccc(Cl)cc3Cl)cc2C1=O. The second kappa shape index (κ2) is 8.11. The molecule has 1 aliphatic heterocycles. The maximum absolute atomic E-state index is 12.5. The van der Waals surface area contributed by atoms with Crippen LogP contribution in [-0.4, -0.2) is 29.2 Å². The summed E-state index contributed by atoms with van der Waals surface area (Å²) in [4.78, 5) is 38.4. The van der Waals surface area contributed by atoms with Crippen LogP contribution in [0, 0.1) is 0 Å². The number of rotatable bonds is 6. The minimum Gasteiger partial charge on any atom is -0.457 e. The van der Waals surface area contributed by atoms with Crippen molar-refractivity contribution >= 4 is 41.0 Å². The second-order valence-electron chi connectivity index (χ2n) is 6.19. The molecule has 7 heteroatoms. The number of fused-ring (bicyclic) bond motifs is 1. The first kappa shape index (κ1) is 19.4. The average molecular weight is 406 g/mol. The molecule has 0 fully saturated rings. The van der Waals surface area contributed by atoms with Crippen molar-refractivity contribution in [2.45, 2.75) is 26.4 Å². The van der Waals surface area contributed by atoms with Crippen LogP contribution in [0.1, 0.15) is 56.4 Å². The Labute approximate surface area is 166 Å². The fourth-order valence-corrected chi connectivity index (χ4v) is 3.27. The first-order chi connectivity index (χ1) is 12.9. The second-order valence-corrected chi connectivity index (χ2v) is 7.03. The molecule has 0 aromatic heterocycles. The molecule has 2 aromatic carbocycles. The third kappa shape index (κ3) is 3.99. The van der Waals surface area contributed by atoms with E-state index in [2.05, 4.69) is 0 Å². The van der Waals surface area contributed by atoms with Gasteiger partial charge in [-0.2, -0.15) is 0 Å². The Bertz CT molecular complexity index is 926. The van der Waals surface area contributed by atoms with Crippen LogP contribution in [0.5, 0.6) is 0 Å². The number of carbonyl (C=O) groups excluding carboxylic acids is 3. The number of imide groups is 1. The highest BCUT2D eigenvalue weighted by molar-refractivity contribution is 6.35. The molecule has 1 aliphatic rings. The molecule has 2 amide bonds. The molecule has 140 valence electrons. The van der Waals surface area contributed by atoms with Crippen LogP contribution in [0.4, 0.5) is 0 Å². The summed E-state index contributed by atoms with van der Waals surface area (Å²) in [7, 11) is 0. The minimum absolute atomic E-state index is 0.0264. The Kier molecular flexibility index (Phi) is 5.82. The summed E-state index contributed by atoms with van der Waals surface area (Å²) in [6, 6.07) is 9.28. The van der Waals surface area contributed by atoms with E-state index >= 15 is 0 Å². The number of nitrogens with zero attached hydrogens (tertiary/aromatic N) is 1. The van der Waals surface area contributed by atoms with Gasteiger partial charge in [0, 0.05) is 22.2 Å². The number of halogens is 2. The maximum Gasteiger partial charge on any atom is 0.338 e. The number of ether oxygens (including phenoxy) is 1. The number of unbranched alkanes of at least 4 members (excludes halogenated alkanes) is 1. The molecule has 2 aromatic rings. The molecule has 0 saturated carbocycles. The van der Waals surface area contributed by atoms with Gasteiger partial charge in [0.1, 0.15) is 6.61 Å². The Morgan fingerprint density at radius 3 is 2.48 bits per heavy atom. The van der Waals surface area contributed by atoms with Gasteiger partial charge in [-0.05, 0) is 36.8 Å². The van der Waals surface area contributed by atoms with Crippen molar-refractivity contribution in [3.63, 3.8) is 0 Å². The summed E-state index contributed by atoms with van der Waals surface area (Å²) in [5, 5.41) is 0.890. The molecule has 1 heterocycles. The van der Waals surface area contributed by atoms with Crippen LogP contribution in [0.25, 0.3) is 0 Å². The highest BCUT2D eigenvalue weighted by Gasteiger charge is 2.35. The summed E-state index contributed by atoms with van der Waals surface area (Å²) in [5.74, 6) is -1.30. The Balaban J connectivity index is 1.74. The molecule has 0 unspecified atom stereocenters. The topological polar surface area (TPSA) is 63.7 Å². The quantitative estimate of drug-likeness (QED) is 0.513. The molecule has 0 N–H and O–H groups in total. The predicted octanol–water partition coefficient (Wildman–Crippen LogP) is 4.75. The maximum atomic E-state index is 12.5. The van der Waals surface area contributed by atoms with E-state index < -0.39 is 5.97 Å². The number of amides is 2. The van der Waals surface area contributed by atoms with Gasteiger partial charge < -0.3 is 4.74 Å². The van der Waals surface area contributed by atoms with Gasteiger partial charge in [0.2, 0.25) is 0 Å². The molecular weight excluding hydrogens is 389 g/mol. The van der Waals surface area contributed by atoms with Crippen molar-refractivity contribution in [1.82, 2.24) is 4.90 Å². The molecular formula is C20H17Cl2NO4. The molecule has 0 spiro atoms. The van der Waals surface area contributed by atoms with E-state index in [4.69, 9.17) is 27.9 Å². The lowest BCUT2D eigenvalue weighted by Gasteiger charge is -2.12. The highest BCUT2D eigenvalue weighted by Crippen LogP contribution is 2.25. The largest absolute Gasteiger partial charge is 0.457 e. The number of hydrogen-bond donors (Lipinski definition) is 0. The summed E-state index contributed by atoms with van der Waals surface area (Å²) in [6.07, 6.45) is 1.61. The minimum atomic E-state index is -0.601. The van der Waals surface area contributed by atoms with Crippen LogP contribution in [0.3, 0.4) is 0 Å². The van der Waals surface area contributed by atoms with Crippen LogP contribution in [0.15, 0.2) is 36.4 Å². The molecule has 0 bridgehead atoms. The molecule has 0 aliphatic carbocycles. The highest BCUT2D eigenvalue weighted by atomic mass is 35.5. The summed E-state index contributed by atoms with van der Waals surface area (Å²) < 4.78 is 5.27. The molecule has 27 heavy (non-hydrogen) atoms. The molecule has 0 atom stereocenters. The smallest absolute Gasteiger partial charge is 0.338 e. The summed E-state index contributed by atoms with van der Waals surface area (Å²) in [6.45, 7) is 2.33. The van der Waals surface area contributed by atoms with E-state index in [0.29, 0.717) is 27.7 Å². The van der Waals surface area contributed by atoms with Gasteiger partial charge in [0.15, 0.2) is 0 Å². The van der Waals surface area contributed by atoms with E-state index in [0.717, 1.165) is 12.8 Å². The zero-order valence-electron chi connectivity index (χ0n) is 14.6. The van der Waals surface area contributed by atoms with Crippen LogP contribution in [-0.2, 0) is 11.3 Å². The average Bonchev–Trinajstić information content (AvgIpc) is 2.89. The lowest BCUT2D eigenvalue weighted by molar-refractivity contribution is 0.0472. The van der Waals surface area contributed by atoms with Gasteiger partial charge in [0.25, 0.3) is 11.8 Å². The zero-order valence-corrected chi connectivity index (χ0v) is 16.1. The third-order valence-corrected chi connectivity index (χ3v) is 4.90. The van der Waals surface area contributed by atoms with Crippen molar-refractivity contribution in [3.8, 4) is 0 Å². The van der Waals surface area contributed by atoms with Gasteiger partial charge in [0.05, 0.1) is 16.7 Å². The molecule has 5 nitrogen and oxygen atoms in total. The van der Waals surface area contributed by atoms with E-state index in [1.54, 1.807) is 18.2 Å². The number of benzene rings is 2. The molecule has 3 rings (SSSR count). The van der Waals surface area contributed by atoms with E-state index in [-0.39, 0.29) is 29.5 Å². The van der Waals surface area contributed by atoms with E-state index in [1.807, 2.05) is 6.92 Å².